The number of methoxy groups -OCH3 is 1. The number of rotatable bonds is 5. The molecule has 0 saturated carbocycles. The largest absolute Gasteiger partial charge is 0.495 e. The number of benzene rings is 1. The first kappa shape index (κ1) is 21.0. The molecule has 0 aromatic heterocycles. The average molecular weight is 402 g/mol. The van der Waals surface area contributed by atoms with E-state index in [1.165, 1.54) is 0 Å². The number of hydrogen-bond acceptors (Lipinski definition) is 4. The molecule has 2 saturated heterocycles. The predicted octanol–water partition coefficient (Wildman–Crippen LogP) is 2.73. The van der Waals surface area contributed by atoms with Gasteiger partial charge in [-0.1, -0.05) is 6.92 Å². The minimum absolute atomic E-state index is 0.00301. The normalized spacial score (nSPS) is 19.7. The standard InChI is InChI=1S/C21H30N4O4/c1-3-19(26)22-16-7-6-11-24(14-16)21(28)23-15-9-10-18(29-2)17(13-15)25-12-5-4-8-20(25)27/h9-10,13,16H,3-8,11-12,14H2,1-2H3,(H,22,26)(H,23,28). The molecule has 2 aliphatic rings. The summed E-state index contributed by atoms with van der Waals surface area (Å²) in [6, 6.07) is 5.11. The van der Waals surface area contributed by atoms with Crippen molar-refractivity contribution in [1.29, 1.82) is 0 Å². The third-order valence-corrected chi connectivity index (χ3v) is 5.44. The lowest BCUT2D eigenvalue weighted by molar-refractivity contribution is -0.122. The first-order valence-electron chi connectivity index (χ1n) is 10.4. The van der Waals surface area contributed by atoms with Crippen LogP contribution < -0.4 is 20.3 Å². The summed E-state index contributed by atoms with van der Waals surface area (Å²) in [6.45, 7) is 3.61. The molecule has 1 aromatic carbocycles. The van der Waals surface area contributed by atoms with Crippen molar-refractivity contribution in [3.63, 3.8) is 0 Å². The Morgan fingerprint density at radius 1 is 1.21 bits per heavy atom. The van der Waals surface area contributed by atoms with Crippen LogP contribution in [-0.4, -0.2) is 55.5 Å². The Bertz CT molecular complexity index is 767. The second kappa shape index (κ2) is 9.62. The van der Waals surface area contributed by atoms with E-state index in [1.807, 2.05) is 6.92 Å². The van der Waals surface area contributed by atoms with Crippen molar-refractivity contribution < 1.29 is 19.1 Å². The number of amides is 4. The van der Waals surface area contributed by atoms with E-state index < -0.39 is 0 Å². The highest BCUT2D eigenvalue weighted by Gasteiger charge is 2.26. The van der Waals surface area contributed by atoms with Crippen LogP contribution in [0.1, 0.15) is 45.4 Å². The van der Waals surface area contributed by atoms with E-state index in [2.05, 4.69) is 10.6 Å². The monoisotopic (exact) mass is 402 g/mol. The van der Waals surface area contributed by atoms with Crippen molar-refractivity contribution in [3.8, 4) is 5.75 Å². The topological polar surface area (TPSA) is 91.0 Å². The molecule has 8 heteroatoms. The molecule has 2 heterocycles. The fourth-order valence-corrected chi connectivity index (χ4v) is 3.85. The summed E-state index contributed by atoms with van der Waals surface area (Å²) < 4.78 is 5.43. The van der Waals surface area contributed by atoms with Crippen molar-refractivity contribution in [2.45, 2.75) is 51.5 Å². The van der Waals surface area contributed by atoms with Crippen LogP contribution in [-0.2, 0) is 9.59 Å². The molecule has 3 rings (SSSR count). The lowest BCUT2D eigenvalue weighted by Gasteiger charge is -2.33. The molecular formula is C21H30N4O4. The molecule has 1 unspecified atom stereocenters. The van der Waals surface area contributed by atoms with E-state index in [4.69, 9.17) is 4.74 Å². The van der Waals surface area contributed by atoms with Crippen LogP contribution in [0.2, 0.25) is 0 Å². The van der Waals surface area contributed by atoms with Crippen molar-refractivity contribution in [2.24, 2.45) is 0 Å². The Kier molecular flexibility index (Phi) is 6.95. The maximum atomic E-state index is 12.8. The zero-order chi connectivity index (χ0) is 20.8. The number of nitrogens with zero attached hydrogens (tertiary/aromatic N) is 2. The summed E-state index contributed by atoms with van der Waals surface area (Å²) in [4.78, 5) is 40.2. The van der Waals surface area contributed by atoms with Gasteiger partial charge in [-0.2, -0.15) is 0 Å². The van der Waals surface area contributed by atoms with Gasteiger partial charge in [0, 0.05) is 44.2 Å². The van der Waals surface area contributed by atoms with Crippen molar-refractivity contribution in [2.75, 3.05) is 37.0 Å². The molecule has 4 amide bonds. The molecule has 2 fully saturated rings. The highest BCUT2D eigenvalue weighted by molar-refractivity contribution is 5.97. The van der Waals surface area contributed by atoms with Crippen LogP contribution in [0, 0.1) is 0 Å². The van der Waals surface area contributed by atoms with E-state index in [1.54, 1.807) is 35.1 Å². The second-order valence-corrected chi connectivity index (χ2v) is 7.53. The molecule has 2 aliphatic heterocycles. The maximum Gasteiger partial charge on any atom is 0.321 e. The number of carbonyl (C=O) groups is 3. The van der Waals surface area contributed by atoms with Gasteiger partial charge in [0.1, 0.15) is 5.75 Å². The molecule has 8 nitrogen and oxygen atoms in total. The quantitative estimate of drug-likeness (QED) is 0.792. The summed E-state index contributed by atoms with van der Waals surface area (Å²) >= 11 is 0. The van der Waals surface area contributed by atoms with Gasteiger partial charge in [-0.05, 0) is 43.9 Å². The molecule has 0 radical (unpaired) electrons. The van der Waals surface area contributed by atoms with E-state index >= 15 is 0 Å². The summed E-state index contributed by atoms with van der Waals surface area (Å²) in [6.07, 6.45) is 4.53. The molecule has 1 aromatic rings. The fourth-order valence-electron chi connectivity index (χ4n) is 3.85. The fraction of sp³-hybridized carbons (Fsp3) is 0.571. The van der Waals surface area contributed by atoms with Crippen molar-refractivity contribution in [1.82, 2.24) is 10.2 Å². The van der Waals surface area contributed by atoms with Gasteiger partial charge in [0.15, 0.2) is 0 Å². The number of urea groups is 1. The van der Waals surface area contributed by atoms with Crippen LogP contribution in [0.3, 0.4) is 0 Å². The van der Waals surface area contributed by atoms with E-state index in [-0.39, 0.29) is 23.9 Å². The lowest BCUT2D eigenvalue weighted by atomic mass is 10.1. The minimum atomic E-state index is -0.207. The minimum Gasteiger partial charge on any atom is -0.495 e. The van der Waals surface area contributed by atoms with Crippen LogP contribution in [0.25, 0.3) is 0 Å². The van der Waals surface area contributed by atoms with Gasteiger partial charge in [0.05, 0.1) is 12.8 Å². The lowest BCUT2D eigenvalue weighted by Crippen LogP contribution is -2.50. The van der Waals surface area contributed by atoms with Gasteiger partial charge in [-0.3, -0.25) is 9.59 Å². The van der Waals surface area contributed by atoms with Crippen molar-refractivity contribution in [3.05, 3.63) is 18.2 Å². The van der Waals surface area contributed by atoms with E-state index in [9.17, 15) is 14.4 Å². The summed E-state index contributed by atoms with van der Waals surface area (Å²) in [7, 11) is 1.57. The van der Waals surface area contributed by atoms with Gasteiger partial charge >= 0.3 is 6.03 Å². The van der Waals surface area contributed by atoms with Crippen LogP contribution in [0.15, 0.2) is 18.2 Å². The number of hydrogen-bond donors (Lipinski definition) is 2. The van der Waals surface area contributed by atoms with Crippen LogP contribution >= 0.6 is 0 Å². The molecule has 2 N–H and O–H groups in total. The van der Waals surface area contributed by atoms with Gasteiger partial charge in [-0.15, -0.1) is 0 Å². The molecule has 0 bridgehead atoms. The third kappa shape index (κ3) is 5.19. The first-order chi connectivity index (χ1) is 14.0. The maximum absolute atomic E-state index is 12.8. The third-order valence-electron chi connectivity index (χ3n) is 5.44. The van der Waals surface area contributed by atoms with Crippen LogP contribution in [0.4, 0.5) is 16.2 Å². The zero-order valence-electron chi connectivity index (χ0n) is 17.2. The molecular weight excluding hydrogens is 372 g/mol. The number of carbonyl (C=O) groups excluding carboxylic acids is 3. The Labute approximate surface area is 171 Å². The van der Waals surface area contributed by atoms with Gasteiger partial charge in [-0.25, -0.2) is 4.79 Å². The molecule has 29 heavy (non-hydrogen) atoms. The van der Waals surface area contributed by atoms with Crippen LogP contribution in [0.5, 0.6) is 5.75 Å². The highest BCUT2D eigenvalue weighted by Crippen LogP contribution is 2.33. The Morgan fingerprint density at radius 2 is 2.03 bits per heavy atom. The molecule has 158 valence electrons. The number of likely N-dealkylation sites (tertiary alicyclic amines) is 1. The SMILES string of the molecule is CCC(=O)NC1CCCN(C(=O)Nc2ccc(OC)c(N3CCCCC3=O)c2)C1. The summed E-state index contributed by atoms with van der Waals surface area (Å²) in [5, 5.41) is 5.89. The Hall–Kier alpha value is -2.77. The predicted molar refractivity (Wildman–Crippen MR) is 111 cm³/mol. The zero-order valence-corrected chi connectivity index (χ0v) is 17.2. The van der Waals surface area contributed by atoms with Crippen molar-refractivity contribution >= 4 is 29.2 Å². The van der Waals surface area contributed by atoms with Gasteiger partial charge < -0.3 is 25.2 Å². The molecule has 0 spiro atoms. The second-order valence-electron chi connectivity index (χ2n) is 7.53. The number of nitrogens with one attached hydrogen (secondary N) is 2. The Balaban J connectivity index is 1.69. The smallest absolute Gasteiger partial charge is 0.321 e. The number of ether oxygens (including phenoxy) is 1. The summed E-state index contributed by atoms with van der Waals surface area (Å²) in [5.41, 5.74) is 1.30. The number of anilines is 2. The van der Waals surface area contributed by atoms with Gasteiger partial charge in [0.2, 0.25) is 11.8 Å². The van der Waals surface area contributed by atoms with Gasteiger partial charge in [0.25, 0.3) is 0 Å². The highest BCUT2D eigenvalue weighted by atomic mass is 16.5. The average Bonchev–Trinajstić information content (AvgIpc) is 2.74. The number of piperidine rings is 2. The van der Waals surface area contributed by atoms with E-state index in [0.29, 0.717) is 49.6 Å². The summed E-state index contributed by atoms with van der Waals surface area (Å²) in [5.74, 6) is 0.686. The first-order valence-corrected chi connectivity index (χ1v) is 10.4. The molecule has 1 atom stereocenters. The van der Waals surface area contributed by atoms with E-state index in [0.717, 1.165) is 25.7 Å². The molecule has 0 aliphatic carbocycles. The Morgan fingerprint density at radius 3 is 2.76 bits per heavy atom.